The van der Waals surface area contributed by atoms with E-state index >= 15 is 0 Å². The molecule has 0 amide bonds. The number of rotatable bonds is 6. The summed E-state index contributed by atoms with van der Waals surface area (Å²) in [6, 6.07) is 5.32. The Kier molecular flexibility index (Phi) is 8.74. The maximum atomic E-state index is 12.8. The third-order valence-corrected chi connectivity index (χ3v) is 4.35. The Morgan fingerprint density at radius 1 is 0.871 bits per heavy atom. The molecule has 0 bridgehead atoms. The number of aliphatic hydroxyl groups excluding tert-OH is 1. The zero-order valence-electron chi connectivity index (χ0n) is 16.4. The second-order valence-corrected chi connectivity index (χ2v) is 7.10. The van der Waals surface area contributed by atoms with E-state index in [9.17, 15) is 33.4 Å². The predicted octanol–water partition coefficient (Wildman–Crippen LogP) is 4.78. The van der Waals surface area contributed by atoms with Crippen LogP contribution in [0, 0.1) is 49.5 Å². The number of nitro benzene ring substituents is 2. The van der Waals surface area contributed by atoms with Crippen LogP contribution in [0.15, 0.2) is 36.4 Å². The quantitative estimate of drug-likeness (QED) is 0.508. The molecule has 2 aliphatic rings. The van der Waals surface area contributed by atoms with Crippen molar-refractivity contribution in [2.75, 3.05) is 13.2 Å². The van der Waals surface area contributed by atoms with Gasteiger partial charge in [0.15, 0.2) is 5.75 Å². The van der Waals surface area contributed by atoms with E-state index in [0.29, 0.717) is 31.1 Å². The molecule has 0 saturated heterocycles. The lowest BCUT2D eigenvalue weighted by atomic mass is 10.3. The minimum atomic E-state index is -1.16. The summed E-state index contributed by atoms with van der Waals surface area (Å²) in [4.78, 5) is 19.1. The van der Waals surface area contributed by atoms with Gasteiger partial charge in [-0.15, -0.1) is 0 Å². The van der Waals surface area contributed by atoms with Crippen LogP contribution < -0.4 is 4.74 Å². The van der Waals surface area contributed by atoms with Crippen molar-refractivity contribution in [3.05, 3.63) is 74.1 Å². The molecule has 2 aliphatic carbocycles. The largest absolute Gasteiger partial charge is 0.486 e. The molecular formula is C20H21F3N2O6. The molecular weight excluding hydrogens is 421 g/mol. The summed E-state index contributed by atoms with van der Waals surface area (Å²) in [5.74, 6) is -1.32. The fraction of sp³-hybridized carbons (Fsp3) is 0.400. The first-order valence-corrected chi connectivity index (χ1v) is 9.48. The topological polar surface area (TPSA) is 116 Å². The number of halogens is 3. The normalized spacial score (nSPS) is 14.5. The standard InChI is InChI=1S/C10H10FNO3.C6H3F2NO2.C4H8O/c11-8-3-4-9(12(13)14)10(5-8)15-6-7-1-2-7;7-4-1-2-6(9(10)11)5(8)3-4;5-3-4-1-2-4/h3-5,7H,1-2,6H2;1-3H;4-5H,1-3H2. The molecule has 8 nitrogen and oxygen atoms in total. The molecule has 2 fully saturated rings. The first kappa shape index (κ1) is 24.1. The minimum absolute atomic E-state index is 0.0203. The predicted molar refractivity (Wildman–Crippen MR) is 104 cm³/mol. The fourth-order valence-electron chi connectivity index (χ4n) is 2.18. The number of benzene rings is 2. The molecule has 0 atom stereocenters. The Morgan fingerprint density at radius 2 is 1.39 bits per heavy atom. The Morgan fingerprint density at radius 3 is 1.81 bits per heavy atom. The van der Waals surface area contributed by atoms with Crippen molar-refractivity contribution in [3.8, 4) is 5.75 Å². The van der Waals surface area contributed by atoms with Gasteiger partial charge in [0, 0.05) is 30.9 Å². The van der Waals surface area contributed by atoms with Crippen LogP contribution in [0.2, 0.25) is 0 Å². The summed E-state index contributed by atoms with van der Waals surface area (Å²) in [5, 5.41) is 28.8. The van der Waals surface area contributed by atoms with E-state index < -0.39 is 33.0 Å². The van der Waals surface area contributed by atoms with E-state index in [2.05, 4.69) is 0 Å². The Hall–Kier alpha value is -3.21. The van der Waals surface area contributed by atoms with E-state index in [1.54, 1.807) is 0 Å². The molecule has 0 heterocycles. The smallest absolute Gasteiger partial charge is 0.311 e. The summed E-state index contributed by atoms with van der Waals surface area (Å²) < 4.78 is 42.6. The third kappa shape index (κ3) is 8.59. The lowest BCUT2D eigenvalue weighted by molar-refractivity contribution is -0.387. The lowest BCUT2D eigenvalue weighted by Gasteiger charge is -2.05. The highest BCUT2D eigenvalue weighted by Gasteiger charge is 2.24. The van der Waals surface area contributed by atoms with Gasteiger partial charge in [-0.3, -0.25) is 20.2 Å². The van der Waals surface area contributed by atoms with Crippen LogP contribution in [-0.2, 0) is 0 Å². The molecule has 1 N–H and O–H groups in total. The van der Waals surface area contributed by atoms with Crippen molar-refractivity contribution >= 4 is 11.4 Å². The number of hydrogen-bond donors (Lipinski definition) is 1. The molecule has 0 aliphatic heterocycles. The summed E-state index contributed by atoms with van der Waals surface area (Å²) in [6.07, 6.45) is 4.69. The monoisotopic (exact) mass is 442 g/mol. The van der Waals surface area contributed by atoms with E-state index in [0.717, 1.165) is 43.2 Å². The number of hydrogen-bond acceptors (Lipinski definition) is 6. The second kappa shape index (κ2) is 11.3. The first-order valence-electron chi connectivity index (χ1n) is 9.48. The van der Waals surface area contributed by atoms with E-state index in [1.807, 2.05) is 0 Å². The molecule has 0 unspecified atom stereocenters. The molecule has 4 rings (SSSR count). The maximum Gasteiger partial charge on any atom is 0.311 e. The van der Waals surface area contributed by atoms with Crippen LogP contribution in [0.4, 0.5) is 24.5 Å². The van der Waals surface area contributed by atoms with Crippen molar-refractivity contribution in [2.24, 2.45) is 11.8 Å². The van der Waals surface area contributed by atoms with Gasteiger partial charge in [-0.1, -0.05) is 0 Å². The number of ether oxygens (including phenoxy) is 1. The van der Waals surface area contributed by atoms with Crippen LogP contribution in [0.3, 0.4) is 0 Å². The van der Waals surface area contributed by atoms with Crippen molar-refractivity contribution in [2.45, 2.75) is 25.7 Å². The molecule has 2 aromatic carbocycles. The van der Waals surface area contributed by atoms with Crippen molar-refractivity contribution in [1.29, 1.82) is 0 Å². The van der Waals surface area contributed by atoms with Gasteiger partial charge in [-0.05, 0) is 49.7 Å². The number of nitrogens with zero attached hydrogens (tertiary/aromatic N) is 2. The molecule has 2 saturated carbocycles. The summed E-state index contributed by atoms with van der Waals surface area (Å²) >= 11 is 0. The molecule has 11 heteroatoms. The Balaban J connectivity index is 0.000000186. The van der Waals surface area contributed by atoms with Crippen molar-refractivity contribution < 1.29 is 32.9 Å². The SMILES string of the molecule is O=[N+]([O-])c1ccc(F)cc1F.O=[N+]([O-])c1ccc(F)cc1OCC1CC1.OCC1CC1. The minimum Gasteiger partial charge on any atom is -0.486 e. The average Bonchev–Trinajstić information content (AvgIpc) is 3.62. The zero-order chi connectivity index (χ0) is 23.0. The van der Waals surface area contributed by atoms with Gasteiger partial charge in [0.05, 0.1) is 16.5 Å². The summed E-state index contributed by atoms with van der Waals surface area (Å²) in [7, 11) is 0. The third-order valence-electron chi connectivity index (χ3n) is 4.35. The highest BCUT2D eigenvalue weighted by atomic mass is 19.1. The van der Waals surface area contributed by atoms with Crippen LogP contribution in [0.25, 0.3) is 0 Å². The van der Waals surface area contributed by atoms with Crippen molar-refractivity contribution in [1.82, 2.24) is 0 Å². The highest BCUT2D eigenvalue weighted by molar-refractivity contribution is 5.46. The zero-order valence-corrected chi connectivity index (χ0v) is 16.4. The van der Waals surface area contributed by atoms with Gasteiger partial charge < -0.3 is 9.84 Å². The highest BCUT2D eigenvalue weighted by Crippen LogP contribution is 2.33. The molecule has 0 radical (unpaired) electrons. The number of nitro groups is 2. The van der Waals surface area contributed by atoms with Gasteiger partial charge in [0.25, 0.3) is 0 Å². The molecule has 0 aromatic heterocycles. The van der Waals surface area contributed by atoms with Gasteiger partial charge >= 0.3 is 11.4 Å². The van der Waals surface area contributed by atoms with Crippen LogP contribution in [0.1, 0.15) is 25.7 Å². The molecule has 168 valence electrons. The fourth-order valence-corrected chi connectivity index (χ4v) is 2.18. The number of aliphatic hydroxyl groups is 1. The molecule has 31 heavy (non-hydrogen) atoms. The second-order valence-electron chi connectivity index (χ2n) is 7.10. The molecule has 0 spiro atoms. The van der Waals surface area contributed by atoms with Crippen LogP contribution >= 0.6 is 0 Å². The van der Waals surface area contributed by atoms with E-state index in [-0.39, 0.29) is 11.4 Å². The molecule has 2 aromatic rings. The van der Waals surface area contributed by atoms with Gasteiger partial charge in [0.1, 0.15) is 11.6 Å². The maximum absolute atomic E-state index is 12.8. The average molecular weight is 442 g/mol. The van der Waals surface area contributed by atoms with Crippen LogP contribution in [-0.4, -0.2) is 28.2 Å². The van der Waals surface area contributed by atoms with Gasteiger partial charge in [-0.2, -0.15) is 4.39 Å². The lowest BCUT2D eigenvalue weighted by Crippen LogP contribution is -2.02. The summed E-state index contributed by atoms with van der Waals surface area (Å²) in [5.41, 5.74) is -0.900. The van der Waals surface area contributed by atoms with Crippen LogP contribution in [0.5, 0.6) is 5.75 Å². The Labute approximate surface area is 175 Å². The van der Waals surface area contributed by atoms with E-state index in [1.165, 1.54) is 12.8 Å². The summed E-state index contributed by atoms with van der Waals surface area (Å²) in [6.45, 7) is 0.851. The van der Waals surface area contributed by atoms with Gasteiger partial charge in [0.2, 0.25) is 5.82 Å². The Bertz CT molecular complexity index is 920. The van der Waals surface area contributed by atoms with Crippen molar-refractivity contribution in [3.63, 3.8) is 0 Å². The van der Waals surface area contributed by atoms with E-state index in [4.69, 9.17) is 9.84 Å². The van der Waals surface area contributed by atoms with Gasteiger partial charge in [-0.25, -0.2) is 8.78 Å². The first-order chi connectivity index (χ1) is 14.7.